The van der Waals surface area contributed by atoms with E-state index < -0.39 is 34.9 Å². The fourth-order valence-electron chi connectivity index (χ4n) is 4.87. The van der Waals surface area contributed by atoms with Crippen LogP contribution in [0.2, 0.25) is 0 Å². The summed E-state index contributed by atoms with van der Waals surface area (Å²) in [5, 5.41) is 31.9. The number of fused-ring (bicyclic) bond motifs is 3. The van der Waals surface area contributed by atoms with Crippen LogP contribution in [0.4, 0.5) is 0 Å². The number of allylic oxidation sites excluding steroid dienone is 3. The maximum atomic E-state index is 13.2. The maximum Gasteiger partial charge on any atom is 0.173 e. The molecule has 1 aromatic rings. The fourth-order valence-corrected chi connectivity index (χ4v) is 5.34. The Morgan fingerprint density at radius 2 is 1.86 bits per heavy atom. The summed E-state index contributed by atoms with van der Waals surface area (Å²) >= 11 is 3.40. The summed E-state index contributed by atoms with van der Waals surface area (Å²) in [6.07, 6.45) is 0.895. The molecule has 0 bridgehead atoms. The van der Waals surface area contributed by atoms with E-state index in [1.54, 1.807) is 6.92 Å². The van der Waals surface area contributed by atoms with Crippen molar-refractivity contribution in [1.29, 1.82) is 0 Å². The Labute approximate surface area is 169 Å². The molecule has 1 saturated carbocycles. The number of carbonyl (C=O) groups excluding carboxylic acids is 3. The molecule has 7 heteroatoms. The van der Waals surface area contributed by atoms with E-state index in [1.807, 2.05) is 6.07 Å². The first kappa shape index (κ1) is 18.9. The first-order valence-electron chi connectivity index (χ1n) is 9.09. The largest absolute Gasteiger partial charge is 0.511 e. The minimum absolute atomic E-state index is 0.0234. The summed E-state index contributed by atoms with van der Waals surface area (Å²) in [4.78, 5) is 37.3. The molecule has 0 radical (unpaired) electrons. The van der Waals surface area contributed by atoms with Crippen molar-refractivity contribution >= 4 is 39.0 Å². The van der Waals surface area contributed by atoms with E-state index in [1.165, 1.54) is 6.92 Å². The quantitative estimate of drug-likeness (QED) is 0.569. The Morgan fingerprint density at radius 3 is 2.50 bits per heavy atom. The molecule has 3 aliphatic carbocycles. The highest BCUT2D eigenvalue weighted by molar-refractivity contribution is 9.10. The minimum atomic E-state index is -1.01. The average molecular weight is 447 g/mol. The molecule has 3 atom stereocenters. The van der Waals surface area contributed by atoms with Gasteiger partial charge in [-0.25, -0.2) is 0 Å². The van der Waals surface area contributed by atoms with Crippen LogP contribution in [0.25, 0.3) is 5.76 Å². The summed E-state index contributed by atoms with van der Waals surface area (Å²) in [5.41, 5.74) is 1.36. The molecule has 28 heavy (non-hydrogen) atoms. The van der Waals surface area contributed by atoms with Crippen LogP contribution in [-0.4, -0.2) is 32.7 Å². The number of aromatic hydroxyl groups is 1. The number of aliphatic hydroxyl groups excluding tert-OH is 2. The van der Waals surface area contributed by atoms with Gasteiger partial charge >= 0.3 is 0 Å². The number of phenols is 1. The highest BCUT2D eigenvalue weighted by atomic mass is 79.9. The normalized spacial score (nSPS) is 26.8. The lowest BCUT2D eigenvalue weighted by Crippen LogP contribution is -2.43. The number of rotatable bonds is 1. The SMILES string of the molecule is CC(=O)C1=C(O)C2C(=O)C3=C(O)c4c(cc(Br)c(C)c4O)CC3CC2CC1=O. The monoisotopic (exact) mass is 446 g/mol. The zero-order valence-electron chi connectivity index (χ0n) is 15.4. The highest BCUT2D eigenvalue weighted by Gasteiger charge is 2.50. The minimum Gasteiger partial charge on any atom is -0.511 e. The number of hydrogen-bond donors (Lipinski definition) is 3. The van der Waals surface area contributed by atoms with Crippen LogP contribution < -0.4 is 0 Å². The third kappa shape index (κ3) is 2.49. The third-order valence-corrected chi connectivity index (χ3v) is 7.00. The van der Waals surface area contributed by atoms with Gasteiger partial charge in [-0.15, -0.1) is 0 Å². The average Bonchev–Trinajstić information content (AvgIpc) is 2.58. The molecule has 3 unspecified atom stereocenters. The summed E-state index contributed by atoms with van der Waals surface area (Å²) in [6.45, 7) is 2.88. The zero-order valence-corrected chi connectivity index (χ0v) is 17.0. The van der Waals surface area contributed by atoms with E-state index >= 15 is 0 Å². The molecule has 3 N–H and O–H groups in total. The molecule has 1 fully saturated rings. The number of aliphatic hydroxyl groups is 2. The molecule has 6 nitrogen and oxygen atoms in total. The highest BCUT2D eigenvalue weighted by Crippen LogP contribution is 2.51. The second-order valence-corrected chi connectivity index (χ2v) is 8.67. The van der Waals surface area contributed by atoms with Gasteiger partial charge in [0.25, 0.3) is 0 Å². The van der Waals surface area contributed by atoms with Gasteiger partial charge < -0.3 is 15.3 Å². The maximum absolute atomic E-state index is 13.2. The van der Waals surface area contributed by atoms with Crippen LogP contribution in [-0.2, 0) is 20.8 Å². The summed E-state index contributed by atoms with van der Waals surface area (Å²) in [6, 6.07) is 1.82. The number of Topliss-reactive ketones (excluding diaryl/α,β-unsaturated/α-hetero) is 3. The number of benzene rings is 1. The van der Waals surface area contributed by atoms with Gasteiger partial charge in [0.05, 0.1) is 17.1 Å². The number of phenolic OH excluding ortho intramolecular Hbond substituents is 1. The molecule has 0 spiro atoms. The van der Waals surface area contributed by atoms with Crippen molar-refractivity contribution in [2.24, 2.45) is 17.8 Å². The van der Waals surface area contributed by atoms with Gasteiger partial charge in [-0.2, -0.15) is 0 Å². The molecule has 146 valence electrons. The van der Waals surface area contributed by atoms with Crippen molar-refractivity contribution in [1.82, 2.24) is 0 Å². The van der Waals surface area contributed by atoms with Gasteiger partial charge in [0.2, 0.25) is 0 Å². The number of carbonyl (C=O) groups is 3. The van der Waals surface area contributed by atoms with Crippen LogP contribution in [0.5, 0.6) is 5.75 Å². The van der Waals surface area contributed by atoms with Crippen molar-refractivity contribution < 1.29 is 29.7 Å². The molecule has 4 rings (SSSR count). The van der Waals surface area contributed by atoms with Gasteiger partial charge in [0.1, 0.15) is 17.3 Å². The second kappa shape index (κ2) is 6.30. The van der Waals surface area contributed by atoms with E-state index in [9.17, 15) is 29.7 Å². The van der Waals surface area contributed by atoms with Gasteiger partial charge in [0, 0.05) is 22.0 Å². The first-order valence-corrected chi connectivity index (χ1v) is 9.88. The molecule has 1 aromatic carbocycles. The van der Waals surface area contributed by atoms with Gasteiger partial charge in [-0.1, -0.05) is 15.9 Å². The van der Waals surface area contributed by atoms with Crippen molar-refractivity contribution in [3.05, 3.63) is 44.1 Å². The van der Waals surface area contributed by atoms with E-state index in [2.05, 4.69) is 15.9 Å². The molecule has 0 aliphatic heterocycles. The smallest absolute Gasteiger partial charge is 0.173 e. The van der Waals surface area contributed by atoms with E-state index in [4.69, 9.17) is 0 Å². The Hall–Kier alpha value is -2.41. The summed E-state index contributed by atoms with van der Waals surface area (Å²) < 4.78 is 0.708. The summed E-state index contributed by atoms with van der Waals surface area (Å²) in [7, 11) is 0. The molecule has 0 amide bonds. The molecule has 0 heterocycles. The fraction of sp³-hybridized carbons (Fsp3) is 0.381. The lowest BCUT2D eigenvalue weighted by atomic mass is 9.61. The van der Waals surface area contributed by atoms with E-state index in [-0.39, 0.29) is 40.6 Å². The molecular weight excluding hydrogens is 428 g/mol. The predicted octanol–water partition coefficient (Wildman–Crippen LogP) is 3.48. The summed E-state index contributed by atoms with van der Waals surface area (Å²) in [5.74, 6) is -4.08. The lowest BCUT2D eigenvalue weighted by Gasteiger charge is -2.41. The van der Waals surface area contributed by atoms with E-state index in [0.29, 0.717) is 22.9 Å². The Bertz CT molecular complexity index is 1030. The van der Waals surface area contributed by atoms with Crippen LogP contribution >= 0.6 is 15.9 Å². The Balaban J connectivity index is 1.89. The van der Waals surface area contributed by atoms with Gasteiger partial charge in [-0.3, -0.25) is 14.4 Å². The molecular formula is C21H19BrO6. The van der Waals surface area contributed by atoms with Gasteiger partial charge in [-0.05, 0) is 50.2 Å². The Morgan fingerprint density at radius 1 is 1.18 bits per heavy atom. The number of ketones is 3. The first-order chi connectivity index (χ1) is 13.1. The van der Waals surface area contributed by atoms with E-state index in [0.717, 1.165) is 5.56 Å². The van der Waals surface area contributed by atoms with Crippen LogP contribution in [0.1, 0.15) is 36.5 Å². The number of halogens is 1. The van der Waals surface area contributed by atoms with Crippen molar-refractivity contribution in [3.8, 4) is 5.75 Å². The van der Waals surface area contributed by atoms with Crippen LogP contribution in [0.15, 0.2) is 27.4 Å². The topological polar surface area (TPSA) is 112 Å². The van der Waals surface area contributed by atoms with Gasteiger partial charge in [0.15, 0.2) is 17.3 Å². The molecule has 0 saturated heterocycles. The van der Waals surface area contributed by atoms with Crippen molar-refractivity contribution in [3.63, 3.8) is 0 Å². The van der Waals surface area contributed by atoms with Crippen LogP contribution in [0, 0.1) is 24.7 Å². The predicted molar refractivity (Wildman–Crippen MR) is 104 cm³/mol. The second-order valence-electron chi connectivity index (χ2n) is 7.81. The number of hydrogen-bond acceptors (Lipinski definition) is 6. The van der Waals surface area contributed by atoms with Crippen LogP contribution in [0.3, 0.4) is 0 Å². The Kier molecular flexibility index (Phi) is 4.26. The van der Waals surface area contributed by atoms with Crippen molar-refractivity contribution in [2.75, 3.05) is 0 Å². The molecule has 0 aromatic heterocycles. The lowest BCUT2D eigenvalue weighted by molar-refractivity contribution is -0.127. The van der Waals surface area contributed by atoms with Crippen molar-refractivity contribution in [2.45, 2.75) is 33.1 Å². The zero-order chi connectivity index (χ0) is 20.5. The third-order valence-electron chi connectivity index (χ3n) is 6.17. The molecule has 3 aliphatic rings. The standard InChI is InChI=1S/C21H19BrO6/c1-7-12(22)5-10-3-9-4-11-6-13(24)14(8(2)23)19(26)17(11)21(28)16(9)20(27)15(10)18(7)25/h5,9,11,17,25-27H,3-4,6H2,1-2H3.